The zero-order valence-electron chi connectivity index (χ0n) is 9.82. The highest BCUT2D eigenvalue weighted by molar-refractivity contribution is 9.10. The zero-order valence-corrected chi connectivity index (χ0v) is 11.4. The molecule has 2 aliphatic rings. The Hall–Kier alpha value is -0.670. The normalized spacial score (nSPS) is 28.4. The summed E-state index contributed by atoms with van der Waals surface area (Å²) < 4.78 is 0.909. The summed E-state index contributed by atoms with van der Waals surface area (Å²) in [5.41, 5.74) is 2.74. The van der Waals surface area contributed by atoms with Crippen molar-refractivity contribution in [1.82, 2.24) is 10.3 Å². The van der Waals surface area contributed by atoms with Crippen LogP contribution in [0, 0.1) is 5.92 Å². The summed E-state index contributed by atoms with van der Waals surface area (Å²) in [6, 6.07) is 4.87. The number of pyridine rings is 1. The third-order valence-electron chi connectivity index (χ3n) is 3.93. The van der Waals surface area contributed by atoms with Crippen LogP contribution in [0.2, 0.25) is 0 Å². The number of halogens is 1. The quantitative estimate of drug-likeness (QED) is 0.803. The van der Waals surface area contributed by atoms with Gasteiger partial charge in [0.15, 0.2) is 0 Å². The first-order chi connectivity index (χ1) is 8.33. The Morgan fingerprint density at radius 2 is 2.29 bits per heavy atom. The van der Waals surface area contributed by atoms with Gasteiger partial charge in [0, 0.05) is 12.2 Å². The number of rotatable bonds is 1. The average Bonchev–Trinajstić information content (AvgIpc) is 2.39. The van der Waals surface area contributed by atoms with Crippen molar-refractivity contribution < 1.29 is 0 Å². The van der Waals surface area contributed by atoms with E-state index >= 15 is 0 Å². The van der Waals surface area contributed by atoms with Gasteiger partial charge in [0.25, 0.3) is 0 Å². The number of hydrogen-bond acceptors (Lipinski definition) is 2. The number of aromatic nitrogens is 1. The molecule has 0 amide bonds. The van der Waals surface area contributed by atoms with Crippen molar-refractivity contribution >= 4 is 21.5 Å². The van der Waals surface area contributed by atoms with Crippen LogP contribution < -0.4 is 5.32 Å². The molecule has 2 heterocycles. The molecule has 0 bridgehead atoms. The van der Waals surface area contributed by atoms with Crippen LogP contribution in [0.4, 0.5) is 0 Å². The van der Waals surface area contributed by atoms with Crippen LogP contribution in [0.1, 0.15) is 31.2 Å². The summed E-state index contributed by atoms with van der Waals surface area (Å²) in [5, 5.41) is 3.66. The molecule has 1 aliphatic heterocycles. The second-order valence-electron chi connectivity index (χ2n) is 5.00. The third kappa shape index (κ3) is 2.45. The molecule has 3 heteroatoms. The number of nitrogens with zero attached hydrogens (tertiary/aromatic N) is 1. The maximum Gasteiger partial charge on any atom is 0.106 e. The molecular formula is C14H17BrN2. The Balaban J connectivity index is 1.80. The first-order valence-corrected chi connectivity index (χ1v) is 7.16. The van der Waals surface area contributed by atoms with Crippen molar-refractivity contribution in [3.63, 3.8) is 0 Å². The first-order valence-electron chi connectivity index (χ1n) is 6.37. The van der Waals surface area contributed by atoms with E-state index in [0.29, 0.717) is 6.04 Å². The van der Waals surface area contributed by atoms with E-state index in [1.807, 2.05) is 12.3 Å². The number of piperidine rings is 1. The van der Waals surface area contributed by atoms with Gasteiger partial charge in [-0.25, -0.2) is 4.98 Å². The Kier molecular flexibility index (Phi) is 3.30. The standard InChI is InChI=1S/C14H17BrN2/c15-14-6-5-12(9-17-14)11-4-3-10-2-1-7-16-13(10)8-11/h4-6,9-10,13,16H,1-3,7-8H2/t10-,13?/m0/s1. The van der Waals surface area contributed by atoms with Crippen molar-refractivity contribution in [2.75, 3.05) is 6.54 Å². The van der Waals surface area contributed by atoms with Gasteiger partial charge in [-0.2, -0.15) is 0 Å². The van der Waals surface area contributed by atoms with E-state index < -0.39 is 0 Å². The second-order valence-corrected chi connectivity index (χ2v) is 5.81. The minimum absolute atomic E-state index is 0.687. The third-order valence-corrected chi connectivity index (χ3v) is 4.40. The highest BCUT2D eigenvalue weighted by Crippen LogP contribution is 2.34. The maximum absolute atomic E-state index is 4.31. The molecule has 17 heavy (non-hydrogen) atoms. The topological polar surface area (TPSA) is 24.9 Å². The lowest BCUT2D eigenvalue weighted by atomic mass is 9.78. The fourth-order valence-corrected chi connectivity index (χ4v) is 3.19. The molecule has 90 valence electrons. The molecule has 0 saturated carbocycles. The Labute approximate surface area is 111 Å². The number of allylic oxidation sites excluding steroid dienone is 1. The number of hydrogen-bond donors (Lipinski definition) is 1. The summed E-state index contributed by atoms with van der Waals surface area (Å²) in [7, 11) is 0. The first kappa shape index (κ1) is 11.4. The SMILES string of the molecule is Brc1ccc(C2=CC[C@@H]3CCCNC3C2)cn1. The average molecular weight is 293 g/mol. The Morgan fingerprint density at radius 1 is 1.35 bits per heavy atom. The fraction of sp³-hybridized carbons (Fsp3) is 0.500. The van der Waals surface area contributed by atoms with Gasteiger partial charge in [-0.3, -0.25) is 0 Å². The van der Waals surface area contributed by atoms with Crippen molar-refractivity contribution in [2.24, 2.45) is 5.92 Å². The summed E-state index contributed by atoms with van der Waals surface area (Å²) in [4.78, 5) is 4.31. The minimum Gasteiger partial charge on any atom is -0.313 e. The van der Waals surface area contributed by atoms with E-state index in [1.165, 1.54) is 36.9 Å². The zero-order chi connectivity index (χ0) is 11.7. The van der Waals surface area contributed by atoms with Crippen LogP contribution in [-0.4, -0.2) is 17.6 Å². The van der Waals surface area contributed by atoms with Crippen molar-refractivity contribution in [3.05, 3.63) is 34.6 Å². The maximum atomic E-state index is 4.31. The molecule has 1 saturated heterocycles. The van der Waals surface area contributed by atoms with Crippen LogP contribution >= 0.6 is 15.9 Å². The molecule has 1 unspecified atom stereocenters. The van der Waals surface area contributed by atoms with Crippen molar-refractivity contribution in [1.29, 1.82) is 0 Å². The molecule has 1 aliphatic carbocycles. The molecule has 0 radical (unpaired) electrons. The molecule has 0 spiro atoms. The van der Waals surface area contributed by atoms with E-state index in [9.17, 15) is 0 Å². The summed E-state index contributed by atoms with van der Waals surface area (Å²) in [6.45, 7) is 1.19. The van der Waals surface area contributed by atoms with Gasteiger partial charge in [0.1, 0.15) is 4.60 Å². The van der Waals surface area contributed by atoms with Gasteiger partial charge in [-0.1, -0.05) is 12.1 Å². The molecule has 2 atom stereocenters. The highest BCUT2D eigenvalue weighted by Gasteiger charge is 2.28. The fourth-order valence-electron chi connectivity index (χ4n) is 2.96. The summed E-state index contributed by atoms with van der Waals surface area (Å²) in [5.74, 6) is 0.857. The highest BCUT2D eigenvalue weighted by atomic mass is 79.9. The van der Waals surface area contributed by atoms with E-state index in [1.54, 1.807) is 0 Å². The Morgan fingerprint density at radius 3 is 3.12 bits per heavy atom. The van der Waals surface area contributed by atoms with E-state index in [2.05, 4.69) is 38.4 Å². The van der Waals surface area contributed by atoms with Gasteiger partial charge in [0.05, 0.1) is 0 Å². The van der Waals surface area contributed by atoms with E-state index in [-0.39, 0.29) is 0 Å². The lowest BCUT2D eigenvalue weighted by Crippen LogP contribution is -2.42. The molecular weight excluding hydrogens is 276 g/mol. The predicted octanol–water partition coefficient (Wildman–Crippen LogP) is 3.39. The lowest BCUT2D eigenvalue weighted by Gasteiger charge is -2.36. The van der Waals surface area contributed by atoms with Crippen LogP contribution in [0.25, 0.3) is 5.57 Å². The number of nitrogens with one attached hydrogen (secondary N) is 1. The Bertz CT molecular complexity index is 424. The predicted molar refractivity (Wildman–Crippen MR) is 73.7 cm³/mol. The van der Waals surface area contributed by atoms with E-state index in [4.69, 9.17) is 0 Å². The smallest absolute Gasteiger partial charge is 0.106 e. The molecule has 1 fully saturated rings. The van der Waals surface area contributed by atoms with Gasteiger partial charge in [-0.05, 0) is 71.3 Å². The van der Waals surface area contributed by atoms with Crippen molar-refractivity contribution in [3.8, 4) is 0 Å². The van der Waals surface area contributed by atoms with Crippen LogP contribution in [0.5, 0.6) is 0 Å². The molecule has 2 nitrogen and oxygen atoms in total. The molecule has 1 aromatic rings. The second kappa shape index (κ2) is 4.91. The van der Waals surface area contributed by atoms with Crippen LogP contribution in [0.3, 0.4) is 0 Å². The minimum atomic E-state index is 0.687. The van der Waals surface area contributed by atoms with Crippen LogP contribution in [0.15, 0.2) is 29.0 Å². The summed E-state index contributed by atoms with van der Waals surface area (Å²) in [6.07, 6.45) is 9.50. The van der Waals surface area contributed by atoms with Crippen molar-refractivity contribution in [2.45, 2.75) is 31.7 Å². The monoisotopic (exact) mass is 292 g/mol. The van der Waals surface area contributed by atoms with Gasteiger partial charge in [0.2, 0.25) is 0 Å². The largest absolute Gasteiger partial charge is 0.313 e. The molecule has 3 rings (SSSR count). The van der Waals surface area contributed by atoms with Gasteiger partial charge < -0.3 is 5.32 Å². The molecule has 1 N–H and O–H groups in total. The van der Waals surface area contributed by atoms with E-state index in [0.717, 1.165) is 16.9 Å². The van der Waals surface area contributed by atoms with Crippen LogP contribution in [-0.2, 0) is 0 Å². The van der Waals surface area contributed by atoms with Gasteiger partial charge >= 0.3 is 0 Å². The van der Waals surface area contributed by atoms with Gasteiger partial charge in [-0.15, -0.1) is 0 Å². The molecule has 1 aromatic heterocycles. The summed E-state index contributed by atoms with van der Waals surface area (Å²) >= 11 is 3.38. The lowest BCUT2D eigenvalue weighted by molar-refractivity contribution is 0.278. The molecule has 0 aromatic carbocycles. The number of fused-ring (bicyclic) bond motifs is 1.